The Hall–Kier alpha value is -1.99. The number of nitrogens with zero attached hydrogens (tertiary/aromatic N) is 2. The normalized spacial score (nSPS) is 19.6. The van der Waals surface area contributed by atoms with Gasteiger partial charge in [-0.25, -0.2) is 0 Å². The highest BCUT2D eigenvalue weighted by Crippen LogP contribution is 2.35. The molecule has 26 heavy (non-hydrogen) atoms. The molecule has 0 bridgehead atoms. The highest BCUT2D eigenvalue weighted by molar-refractivity contribution is 8.18. The highest BCUT2D eigenvalue weighted by atomic mass is 32.2. The van der Waals surface area contributed by atoms with Crippen LogP contribution in [-0.4, -0.2) is 53.9 Å². The van der Waals surface area contributed by atoms with Gasteiger partial charge < -0.3 is 9.47 Å². The molecule has 2 heterocycles. The fraction of sp³-hybridized carbons (Fsp3) is 0.474. The number of hydrogen-bond donors (Lipinski definition) is 0. The topological polar surface area (TPSA) is 59.1 Å². The standard InChI is InChI=1S/C19H24N2O4S/c1-3-24-15-8-7-14(11-16(15)25-4-2)12-17-18(22)21(19(23)26-17)13-20-9-5-6-10-20/h7-8,11-12H,3-6,9-10,13H2,1-2H3/b17-12+. The minimum atomic E-state index is -0.223. The number of amides is 2. The zero-order valence-electron chi connectivity index (χ0n) is 15.2. The maximum atomic E-state index is 12.6. The summed E-state index contributed by atoms with van der Waals surface area (Å²) in [6.45, 7) is 7.17. The van der Waals surface area contributed by atoms with Crippen molar-refractivity contribution in [3.05, 3.63) is 28.7 Å². The molecule has 140 valence electrons. The number of carbonyl (C=O) groups is 2. The summed E-state index contributed by atoms with van der Waals surface area (Å²) in [7, 11) is 0. The van der Waals surface area contributed by atoms with Crippen LogP contribution in [0.3, 0.4) is 0 Å². The predicted molar refractivity (Wildman–Crippen MR) is 102 cm³/mol. The zero-order valence-corrected chi connectivity index (χ0v) is 16.0. The van der Waals surface area contributed by atoms with Crippen LogP contribution in [0.4, 0.5) is 4.79 Å². The van der Waals surface area contributed by atoms with Crippen LogP contribution in [0.25, 0.3) is 6.08 Å². The molecule has 2 saturated heterocycles. The Bertz CT molecular complexity index is 713. The van der Waals surface area contributed by atoms with Crippen LogP contribution in [0.1, 0.15) is 32.3 Å². The van der Waals surface area contributed by atoms with Gasteiger partial charge in [-0.1, -0.05) is 6.07 Å². The van der Waals surface area contributed by atoms with Crippen LogP contribution >= 0.6 is 11.8 Å². The van der Waals surface area contributed by atoms with E-state index < -0.39 is 0 Å². The van der Waals surface area contributed by atoms with Gasteiger partial charge in [-0.2, -0.15) is 0 Å². The van der Waals surface area contributed by atoms with E-state index in [1.807, 2.05) is 32.0 Å². The van der Waals surface area contributed by atoms with Crippen LogP contribution in [0.2, 0.25) is 0 Å². The van der Waals surface area contributed by atoms with Gasteiger partial charge in [-0.05, 0) is 75.3 Å². The van der Waals surface area contributed by atoms with Crippen molar-refractivity contribution in [2.45, 2.75) is 26.7 Å². The number of imide groups is 1. The lowest BCUT2D eigenvalue weighted by Gasteiger charge is -2.20. The number of ether oxygens (including phenoxy) is 2. The Morgan fingerprint density at radius 2 is 1.77 bits per heavy atom. The van der Waals surface area contributed by atoms with Gasteiger partial charge >= 0.3 is 0 Å². The summed E-state index contributed by atoms with van der Waals surface area (Å²) in [5.41, 5.74) is 0.809. The van der Waals surface area contributed by atoms with Crippen molar-refractivity contribution >= 4 is 29.0 Å². The molecule has 0 aliphatic carbocycles. The monoisotopic (exact) mass is 376 g/mol. The van der Waals surface area contributed by atoms with Gasteiger partial charge in [0, 0.05) is 0 Å². The van der Waals surface area contributed by atoms with E-state index in [2.05, 4.69) is 4.90 Å². The van der Waals surface area contributed by atoms with Crippen LogP contribution in [-0.2, 0) is 4.79 Å². The number of carbonyl (C=O) groups excluding carboxylic acids is 2. The van der Waals surface area contributed by atoms with E-state index in [1.54, 1.807) is 6.08 Å². The second kappa shape index (κ2) is 8.60. The number of thioether (sulfide) groups is 1. The Morgan fingerprint density at radius 1 is 1.08 bits per heavy atom. The van der Waals surface area contributed by atoms with Gasteiger partial charge in [-0.3, -0.25) is 19.4 Å². The SMILES string of the molecule is CCOc1ccc(/C=C2/SC(=O)N(CN3CCCC3)C2=O)cc1OCC. The average molecular weight is 376 g/mol. The molecular formula is C19H24N2O4S. The van der Waals surface area contributed by atoms with E-state index in [9.17, 15) is 9.59 Å². The fourth-order valence-electron chi connectivity index (χ4n) is 3.05. The van der Waals surface area contributed by atoms with Crippen molar-refractivity contribution in [1.29, 1.82) is 0 Å². The van der Waals surface area contributed by atoms with Gasteiger partial charge in [0.25, 0.3) is 11.1 Å². The Labute approximate surface area is 158 Å². The number of rotatable bonds is 7. The molecule has 0 spiro atoms. The molecule has 1 aromatic carbocycles. The van der Waals surface area contributed by atoms with Gasteiger partial charge in [-0.15, -0.1) is 0 Å². The summed E-state index contributed by atoms with van der Waals surface area (Å²) in [4.78, 5) is 28.8. The number of benzene rings is 1. The van der Waals surface area contributed by atoms with Crippen LogP contribution in [0.15, 0.2) is 23.1 Å². The summed E-state index contributed by atoms with van der Waals surface area (Å²) in [6, 6.07) is 5.53. The Morgan fingerprint density at radius 3 is 2.46 bits per heavy atom. The minimum absolute atomic E-state index is 0.205. The third-order valence-corrected chi connectivity index (χ3v) is 5.19. The van der Waals surface area contributed by atoms with Crippen molar-refractivity contribution < 1.29 is 19.1 Å². The van der Waals surface area contributed by atoms with Crippen LogP contribution in [0.5, 0.6) is 11.5 Å². The lowest BCUT2D eigenvalue weighted by Crippen LogP contribution is -2.38. The molecule has 2 aliphatic heterocycles. The lowest BCUT2D eigenvalue weighted by molar-refractivity contribution is -0.124. The smallest absolute Gasteiger partial charge is 0.294 e. The third-order valence-electron chi connectivity index (χ3n) is 4.28. The second-order valence-electron chi connectivity index (χ2n) is 6.15. The summed E-state index contributed by atoms with van der Waals surface area (Å²) in [6.07, 6.45) is 3.99. The fourth-order valence-corrected chi connectivity index (χ4v) is 3.89. The molecule has 0 aromatic heterocycles. The lowest BCUT2D eigenvalue weighted by atomic mass is 10.2. The molecule has 2 fully saturated rings. The highest BCUT2D eigenvalue weighted by Gasteiger charge is 2.36. The summed E-state index contributed by atoms with van der Waals surface area (Å²) in [5.74, 6) is 1.09. The molecule has 1 aromatic rings. The van der Waals surface area contributed by atoms with Crippen molar-refractivity contribution in [2.75, 3.05) is 33.0 Å². The van der Waals surface area contributed by atoms with Gasteiger partial charge in [0.05, 0.1) is 24.8 Å². The summed E-state index contributed by atoms with van der Waals surface area (Å²) in [5, 5.41) is -0.205. The van der Waals surface area contributed by atoms with Crippen molar-refractivity contribution in [1.82, 2.24) is 9.80 Å². The van der Waals surface area contributed by atoms with Crippen molar-refractivity contribution in [3.63, 3.8) is 0 Å². The molecule has 0 unspecified atom stereocenters. The minimum Gasteiger partial charge on any atom is -0.490 e. The van der Waals surface area contributed by atoms with Crippen molar-refractivity contribution in [3.8, 4) is 11.5 Å². The van der Waals surface area contributed by atoms with Crippen LogP contribution in [0, 0.1) is 0 Å². The van der Waals surface area contributed by atoms with E-state index in [-0.39, 0.29) is 11.1 Å². The number of hydrogen-bond acceptors (Lipinski definition) is 6. The molecule has 6 nitrogen and oxygen atoms in total. The third kappa shape index (κ3) is 4.22. The number of likely N-dealkylation sites (tertiary alicyclic amines) is 1. The second-order valence-corrected chi connectivity index (χ2v) is 7.14. The molecular weight excluding hydrogens is 352 g/mol. The molecule has 2 amide bonds. The Balaban J connectivity index is 1.77. The average Bonchev–Trinajstić information content (AvgIpc) is 3.22. The van der Waals surface area contributed by atoms with Gasteiger partial charge in [0.2, 0.25) is 0 Å². The van der Waals surface area contributed by atoms with Crippen molar-refractivity contribution in [2.24, 2.45) is 0 Å². The first-order valence-electron chi connectivity index (χ1n) is 8.99. The molecule has 7 heteroatoms. The quantitative estimate of drug-likeness (QED) is 0.678. The van der Waals surface area contributed by atoms with E-state index in [1.165, 1.54) is 4.90 Å². The summed E-state index contributed by atoms with van der Waals surface area (Å²) >= 11 is 0.993. The Kier molecular flexibility index (Phi) is 6.21. The molecule has 0 N–H and O–H groups in total. The van der Waals surface area contributed by atoms with Gasteiger partial charge in [0.1, 0.15) is 0 Å². The van der Waals surface area contributed by atoms with Gasteiger partial charge in [0.15, 0.2) is 11.5 Å². The van der Waals surface area contributed by atoms with E-state index in [0.717, 1.165) is 43.3 Å². The first-order chi connectivity index (χ1) is 12.6. The zero-order chi connectivity index (χ0) is 18.5. The molecule has 0 atom stereocenters. The largest absolute Gasteiger partial charge is 0.490 e. The van der Waals surface area contributed by atoms with E-state index >= 15 is 0 Å². The summed E-state index contributed by atoms with van der Waals surface area (Å²) < 4.78 is 11.2. The molecule has 2 aliphatic rings. The first-order valence-corrected chi connectivity index (χ1v) is 9.81. The van der Waals surface area contributed by atoms with E-state index in [0.29, 0.717) is 36.3 Å². The predicted octanol–water partition coefficient (Wildman–Crippen LogP) is 3.57. The molecule has 3 rings (SSSR count). The van der Waals surface area contributed by atoms with E-state index in [4.69, 9.17) is 9.47 Å². The first kappa shape index (κ1) is 18.8. The maximum Gasteiger partial charge on any atom is 0.294 e. The van der Waals surface area contributed by atoms with Crippen LogP contribution < -0.4 is 9.47 Å². The molecule has 0 saturated carbocycles. The maximum absolute atomic E-state index is 12.6. The molecule has 0 radical (unpaired) electrons.